The number of carbonyl (C=O) groups excluding carboxylic acids is 2. The molecule has 1 aliphatic carbocycles. The van der Waals surface area contributed by atoms with E-state index in [1.807, 2.05) is 6.92 Å². The van der Waals surface area contributed by atoms with Gasteiger partial charge in [-0.25, -0.2) is 4.79 Å². The lowest BCUT2D eigenvalue weighted by Gasteiger charge is -2.19. The molecule has 0 saturated heterocycles. The average Bonchev–Trinajstić information content (AvgIpc) is 3.32. The minimum absolute atomic E-state index is 0.132. The van der Waals surface area contributed by atoms with E-state index in [1.54, 1.807) is 6.07 Å². The quantitative estimate of drug-likeness (QED) is 0.693. The number of rotatable bonds is 9. The van der Waals surface area contributed by atoms with Crippen LogP contribution in [0.15, 0.2) is 26.3 Å². The lowest BCUT2D eigenvalue weighted by Crippen LogP contribution is -2.37. The van der Waals surface area contributed by atoms with Crippen LogP contribution in [-0.4, -0.2) is 35.1 Å². The van der Waals surface area contributed by atoms with Crippen LogP contribution in [0.2, 0.25) is 0 Å². The molecule has 8 heteroatoms. The first kappa shape index (κ1) is 19.7. The van der Waals surface area contributed by atoms with Crippen molar-refractivity contribution in [3.63, 3.8) is 0 Å². The maximum absolute atomic E-state index is 12.6. The van der Waals surface area contributed by atoms with Gasteiger partial charge in [-0.15, -0.1) is 11.8 Å². The number of ketones is 1. The first-order valence-electron chi connectivity index (χ1n) is 9.26. The molecule has 1 N–H and O–H groups in total. The van der Waals surface area contributed by atoms with Crippen LogP contribution in [0, 0.1) is 5.92 Å². The summed E-state index contributed by atoms with van der Waals surface area (Å²) in [7, 11) is 0. The van der Waals surface area contributed by atoms with Crippen LogP contribution in [0.3, 0.4) is 0 Å². The third-order valence-electron chi connectivity index (χ3n) is 4.44. The van der Waals surface area contributed by atoms with Crippen LogP contribution >= 0.6 is 11.8 Å². The van der Waals surface area contributed by atoms with Crippen molar-refractivity contribution in [2.75, 3.05) is 12.4 Å². The second-order valence-corrected chi connectivity index (χ2v) is 7.94. The van der Waals surface area contributed by atoms with E-state index in [-0.39, 0.29) is 11.7 Å². The largest absolute Gasteiger partial charge is 0.493 e. The van der Waals surface area contributed by atoms with E-state index < -0.39 is 17.7 Å². The molecular formula is C19H24N2O5S. The van der Waals surface area contributed by atoms with Gasteiger partial charge < -0.3 is 14.5 Å². The topological polar surface area (TPSA) is 98.0 Å². The molecule has 2 atom stereocenters. The Balaban J connectivity index is 1.71. The van der Waals surface area contributed by atoms with E-state index in [9.17, 15) is 14.4 Å². The summed E-state index contributed by atoms with van der Waals surface area (Å²) < 4.78 is 11.0. The number of ether oxygens (including phenoxy) is 1. The zero-order valence-corrected chi connectivity index (χ0v) is 16.3. The Labute approximate surface area is 162 Å². The van der Waals surface area contributed by atoms with Gasteiger partial charge in [0.2, 0.25) is 5.91 Å². The van der Waals surface area contributed by atoms with Crippen LogP contribution in [0.25, 0.3) is 0 Å². The summed E-state index contributed by atoms with van der Waals surface area (Å²) in [6.07, 6.45) is 3.73. The smallest absolute Gasteiger partial charge is 0.339 e. The summed E-state index contributed by atoms with van der Waals surface area (Å²) in [5, 5.41) is 3.29. The van der Waals surface area contributed by atoms with Gasteiger partial charge in [0.25, 0.3) is 0 Å². The van der Waals surface area contributed by atoms with E-state index in [1.165, 1.54) is 24.8 Å². The molecule has 1 aromatic heterocycles. The van der Waals surface area contributed by atoms with E-state index in [0.29, 0.717) is 41.3 Å². The summed E-state index contributed by atoms with van der Waals surface area (Å²) in [6, 6.07) is 1.96. The Kier molecular flexibility index (Phi) is 6.36. The highest BCUT2D eigenvalue weighted by Crippen LogP contribution is 2.30. The van der Waals surface area contributed by atoms with Gasteiger partial charge in [0.05, 0.1) is 18.7 Å². The Morgan fingerprint density at radius 1 is 1.41 bits per heavy atom. The molecular weight excluding hydrogens is 368 g/mol. The highest BCUT2D eigenvalue weighted by atomic mass is 32.2. The molecule has 2 heterocycles. The summed E-state index contributed by atoms with van der Waals surface area (Å²) >= 11 is 1.29. The van der Waals surface area contributed by atoms with Gasteiger partial charge in [0.1, 0.15) is 22.6 Å². The molecule has 3 rings (SSSR count). The van der Waals surface area contributed by atoms with Crippen LogP contribution < -0.4 is 15.7 Å². The van der Waals surface area contributed by atoms with Gasteiger partial charge in [-0.05, 0) is 25.2 Å². The summed E-state index contributed by atoms with van der Waals surface area (Å²) in [5.41, 5.74) is -0.498. The number of Topliss-reactive ketones (excluding diaryl/α,β-unsaturated/α-hetero) is 1. The second-order valence-electron chi connectivity index (χ2n) is 6.94. The first-order valence-corrected chi connectivity index (χ1v) is 10.2. The zero-order chi connectivity index (χ0) is 19.4. The molecule has 1 aromatic rings. The van der Waals surface area contributed by atoms with E-state index in [4.69, 9.17) is 9.15 Å². The normalized spacial score (nSPS) is 20.1. The van der Waals surface area contributed by atoms with Crippen molar-refractivity contribution in [1.82, 2.24) is 5.32 Å². The van der Waals surface area contributed by atoms with Crippen LogP contribution in [0.4, 0.5) is 0 Å². The number of hydrogen-bond acceptors (Lipinski definition) is 7. The molecule has 1 saturated carbocycles. The Morgan fingerprint density at radius 2 is 2.19 bits per heavy atom. The molecule has 0 spiro atoms. The van der Waals surface area contributed by atoms with Gasteiger partial charge in [-0.3, -0.25) is 14.6 Å². The molecule has 27 heavy (non-hydrogen) atoms. The maximum Gasteiger partial charge on any atom is 0.339 e. The Hall–Kier alpha value is -2.09. The van der Waals surface area contributed by atoms with Crippen molar-refractivity contribution in [2.24, 2.45) is 10.9 Å². The number of amides is 1. The SMILES string of the molecule is CCC[C@@H](NC(=O)C1CSC(C(C)=O)=N1)c1cc(OCC2CC2)cc(=O)o1. The summed E-state index contributed by atoms with van der Waals surface area (Å²) in [4.78, 5) is 40.1. The van der Waals surface area contributed by atoms with E-state index in [2.05, 4.69) is 10.3 Å². The molecule has 1 aliphatic heterocycles. The lowest BCUT2D eigenvalue weighted by atomic mass is 10.1. The van der Waals surface area contributed by atoms with Crippen LogP contribution in [0.5, 0.6) is 5.75 Å². The average molecular weight is 392 g/mol. The third kappa shape index (κ3) is 5.45. The van der Waals surface area contributed by atoms with Gasteiger partial charge >= 0.3 is 5.63 Å². The van der Waals surface area contributed by atoms with Gasteiger partial charge in [-0.1, -0.05) is 13.3 Å². The predicted molar refractivity (Wildman–Crippen MR) is 103 cm³/mol. The molecule has 1 fully saturated rings. The van der Waals surface area contributed by atoms with E-state index >= 15 is 0 Å². The molecule has 0 aromatic carbocycles. The monoisotopic (exact) mass is 392 g/mol. The van der Waals surface area contributed by atoms with Crippen molar-refractivity contribution >= 4 is 28.5 Å². The summed E-state index contributed by atoms with van der Waals surface area (Å²) in [5.74, 6) is 1.45. The third-order valence-corrected chi connectivity index (χ3v) is 5.59. The van der Waals surface area contributed by atoms with Crippen molar-refractivity contribution in [2.45, 2.75) is 51.6 Å². The van der Waals surface area contributed by atoms with Crippen LogP contribution in [0.1, 0.15) is 51.3 Å². The fraction of sp³-hybridized carbons (Fsp3) is 0.579. The molecule has 2 aliphatic rings. The Morgan fingerprint density at radius 3 is 2.81 bits per heavy atom. The number of nitrogens with one attached hydrogen (secondary N) is 1. The van der Waals surface area contributed by atoms with E-state index in [0.717, 1.165) is 19.3 Å². The molecule has 1 amide bonds. The highest BCUT2D eigenvalue weighted by Gasteiger charge is 2.29. The minimum atomic E-state index is -0.603. The molecule has 146 valence electrons. The zero-order valence-electron chi connectivity index (χ0n) is 15.5. The fourth-order valence-electron chi connectivity index (χ4n) is 2.77. The first-order chi connectivity index (χ1) is 13.0. The molecule has 0 bridgehead atoms. The van der Waals surface area contributed by atoms with Gasteiger partial charge in [0.15, 0.2) is 5.78 Å². The number of thioether (sulfide) groups is 1. The Bertz CT molecular complexity index is 800. The maximum atomic E-state index is 12.6. The van der Waals surface area contributed by atoms with Crippen molar-refractivity contribution in [3.8, 4) is 5.75 Å². The molecule has 0 radical (unpaired) electrons. The number of hydrogen-bond donors (Lipinski definition) is 1. The van der Waals surface area contributed by atoms with Crippen LogP contribution in [-0.2, 0) is 9.59 Å². The van der Waals surface area contributed by atoms with Crippen molar-refractivity contribution in [3.05, 3.63) is 28.3 Å². The van der Waals surface area contributed by atoms with Crippen molar-refractivity contribution < 1.29 is 18.7 Å². The van der Waals surface area contributed by atoms with Crippen molar-refractivity contribution in [1.29, 1.82) is 0 Å². The number of nitrogens with zero attached hydrogens (tertiary/aromatic N) is 1. The molecule has 1 unspecified atom stereocenters. The minimum Gasteiger partial charge on any atom is -0.493 e. The highest BCUT2D eigenvalue weighted by molar-refractivity contribution is 8.16. The summed E-state index contributed by atoms with van der Waals surface area (Å²) in [6.45, 7) is 4.02. The fourth-order valence-corrected chi connectivity index (χ4v) is 3.72. The second kappa shape index (κ2) is 8.73. The number of carbonyl (C=O) groups is 2. The molecule has 7 nitrogen and oxygen atoms in total. The number of aliphatic imine (C=N–C) groups is 1. The van der Waals surface area contributed by atoms with Gasteiger partial charge in [0, 0.05) is 18.7 Å². The lowest BCUT2D eigenvalue weighted by molar-refractivity contribution is -0.122. The predicted octanol–water partition coefficient (Wildman–Crippen LogP) is 2.49. The van der Waals surface area contributed by atoms with Gasteiger partial charge in [-0.2, -0.15) is 0 Å². The standard InChI is InChI=1S/C19H24N2O5S/c1-3-4-14(20-18(24)15-10-27-19(21-15)11(2)22)16-7-13(8-17(23)26-16)25-9-12-5-6-12/h7-8,12,14-15H,3-6,9-10H2,1-2H3,(H,20,24)/t14-,15?/m1/s1.